The van der Waals surface area contributed by atoms with Crippen molar-refractivity contribution in [2.24, 2.45) is 0 Å². The summed E-state index contributed by atoms with van der Waals surface area (Å²) in [5, 5.41) is 22.7. The number of aryl methyl sites for hydroxylation is 1. The molecule has 0 aliphatic rings. The first-order chi connectivity index (χ1) is 11.4. The third-order valence-electron chi connectivity index (χ3n) is 3.27. The van der Waals surface area contributed by atoms with Gasteiger partial charge in [0.15, 0.2) is 5.78 Å². The van der Waals surface area contributed by atoms with E-state index in [2.05, 4.69) is 5.32 Å². The Labute approximate surface area is 137 Å². The number of benzene rings is 2. The second-order valence-corrected chi connectivity index (χ2v) is 4.97. The average molecular weight is 326 g/mol. The van der Waals surface area contributed by atoms with Gasteiger partial charge in [-0.1, -0.05) is 36.4 Å². The number of hydrogen-bond donors (Lipinski definition) is 2. The van der Waals surface area contributed by atoms with Crippen molar-refractivity contribution in [1.29, 1.82) is 0 Å². The standard InChI is InChI=1S/C17H14N2O5/c1-11-7-8-13(19(23)24)9-14(11)18-15(17(21)22)10-16(20)12-5-3-2-4-6-12/h2-10,18H,1H3,(H,21,22). The van der Waals surface area contributed by atoms with Gasteiger partial charge in [0.2, 0.25) is 0 Å². The highest BCUT2D eigenvalue weighted by atomic mass is 16.6. The first-order valence-electron chi connectivity index (χ1n) is 6.95. The number of nitro groups is 1. The second-order valence-electron chi connectivity index (χ2n) is 4.97. The van der Waals surface area contributed by atoms with Crippen molar-refractivity contribution in [2.45, 2.75) is 6.92 Å². The van der Waals surface area contributed by atoms with Gasteiger partial charge in [-0.05, 0) is 12.5 Å². The van der Waals surface area contributed by atoms with Crippen LogP contribution in [0, 0.1) is 17.0 Å². The summed E-state index contributed by atoms with van der Waals surface area (Å²) >= 11 is 0. The van der Waals surface area contributed by atoms with Crippen LogP contribution in [0.5, 0.6) is 0 Å². The van der Waals surface area contributed by atoms with Crippen LogP contribution in [0.3, 0.4) is 0 Å². The molecule has 0 unspecified atom stereocenters. The van der Waals surface area contributed by atoms with E-state index in [1.807, 2.05) is 0 Å². The Morgan fingerprint density at radius 3 is 2.42 bits per heavy atom. The third kappa shape index (κ3) is 4.04. The largest absolute Gasteiger partial charge is 0.477 e. The summed E-state index contributed by atoms with van der Waals surface area (Å²) in [6.45, 7) is 1.67. The van der Waals surface area contributed by atoms with Crippen molar-refractivity contribution in [3.05, 3.63) is 81.5 Å². The molecule has 0 saturated carbocycles. The number of ketones is 1. The third-order valence-corrected chi connectivity index (χ3v) is 3.27. The molecule has 0 aromatic heterocycles. The Kier molecular flexibility index (Phi) is 5.06. The highest BCUT2D eigenvalue weighted by Crippen LogP contribution is 2.23. The molecule has 2 rings (SSSR count). The molecule has 2 aromatic carbocycles. The molecule has 24 heavy (non-hydrogen) atoms. The van der Waals surface area contributed by atoms with Crippen LogP contribution in [0.1, 0.15) is 15.9 Å². The molecule has 0 spiro atoms. The Hall–Kier alpha value is -3.48. The number of allylic oxidation sites excluding steroid dienone is 1. The molecule has 7 heteroatoms. The zero-order valence-electron chi connectivity index (χ0n) is 12.7. The van der Waals surface area contributed by atoms with Crippen molar-refractivity contribution in [1.82, 2.24) is 0 Å². The number of nitrogens with zero attached hydrogens (tertiary/aromatic N) is 1. The minimum Gasteiger partial charge on any atom is -0.477 e. The molecule has 122 valence electrons. The number of carbonyl (C=O) groups is 2. The Balaban J connectivity index is 2.34. The topological polar surface area (TPSA) is 110 Å². The fraction of sp³-hybridized carbons (Fsp3) is 0.0588. The maximum absolute atomic E-state index is 12.1. The Morgan fingerprint density at radius 2 is 1.83 bits per heavy atom. The van der Waals surface area contributed by atoms with Crippen LogP contribution in [0.2, 0.25) is 0 Å². The quantitative estimate of drug-likeness (QED) is 0.365. The minimum atomic E-state index is -1.34. The number of nitro benzene ring substituents is 1. The number of rotatable bonds is 6. The maximum Gasteiger partial charge on any atom is 0.352 e. The number of carbonyl (C=O) groups excluding carboxylic acids is 1. The summed E-state index contributed by atoms with van der Waals surface area (Å²) in [5.74, 6) is -1.83. The number of carboxylic acid groups (broad SMARTS) is 1. The van der Waals surface area contributed by atoms with Gasteiger partial charge in [-0.15, -0.1) is 0 Å². The number of aliphatic carboxylic acids is 1. The van der Waals surface area contributed by atoms with E-state index in [0.717, 1.165) is 6.08 Å². The van der Waals surface area contributed by atoms with Crippen LogP contribution in [0.25, 0.3) is 0 Å². The lowest BCUT2D eigenvalue weighted by molar-refractivity contribution is -0.384. The number of anilines is 1. The summed E-state index contributed by atoms with van der Waals surface area (Å²) in [4.78, 5) is 33.8. The predicted octanol–water partition coefficient (Wildman–Crippen LogP) is 3.17. The molecule has 7 nitrogen and oxygen atoms in total. The van der Waals surface area contributed by atoms with Gasteiger partial charge in [0.1, 0.15) is 5.70 Å². The summed E-state index contributed by atoms with van der Waals surface area (Å²) in [6, 6.07) is 12.2. The van der Waals surface area contributed by atoms with E-state index in [9.17, 15) is 24.8 Å². The van der Waals surface area contributed by atoms with Crippen LogP contribution in [-0.4, -0.2) is 21.8 Å². The summed E-state index contributed by atoms with van der Waals surface area (Å²) in [5.41, 5.74) is 0.655. The monoisotopic (exact) mass is 326 g/mol. The highest BCUT2D eigenvalue weighted by molar-refractivity contribution is 6.09. The van der Waals surface area contributed by atoms with Gasteiger partial charge >= 0.3 is 5.97 Å². The lowest BCUT2D eigenvalue weighted by Gasteiger charge is -2.10. The first-order valence-corrected chi connectivity index (χ1v) is 6.95. The van der Waals surface area contributed by atoms with E-state index in [1.54, 1.807) is 37.3 Å². The van der Waals surface area contributed by atoms with Crippen LogP contribution in [0.4, 0.5) is 11.4 Å². The Bertz CT molecular complexity index is 828. The van der Waals surface area contributed by atoms with E-state index in [-0.39, 0.29) is 17.1 Å². The molecule has 0 radical (unpaired) electrons. The van der Waals surface area contributed by atoms with Gasteiger partial charge in [0, 0.05) is 29.5 Å². The summed E-state index contributed by atoms with van der Waals surface area (Å²) in [6.07, 6.45) is 0.954. The van der Waals surface area contributed by atoms with Gasteiger partial charge in [0.25, 0.3) is 5.69 Å². The van der Waals surface area contributed by atoms with E-state index in [0.29, 0.717) is 11.1 Å². The number of nitrogens with one attached hydrogen (secondary N) is 1. The van der Waals surface area contributed by atoms with E-state index < -0.39 is 16.7 Å². The van der Waals surface area contributed by atoms with Crippen molar-refractivity contribution < 1.29 is 19.6 Å². The number of non-ortho nitro benzene ring substituents is 1. The minimum absolute atomic E-state index is 0.178. The van der Waals surface area contributed by atoms with Crippen LogP contribution >= 0.6 is 0 Å². The van der Waals surface area contributed by atoms with Crippen molar-refractivity contribution >= 4 is 23.1 Å². The highest BCUT2D eigenvalue weighted by Gasteiger charge is 2.15. The molecule has 0 bridgehead atoms. The van der Waals surface area contributed by atoms with Gasteiger partial charge in [0.05, 0.1) is 4.92 Å². The maximum atomic E-state index is 12.1. The van der Waals surface area contributed by atoms with Gasteiger partial charge in [-0.25, -0.2) is 4.79 Å². The molecule has 0 fully saturated rings. The van der Waals surface area contributed by atoms with Gasteiger partial charge in [-0.2, -0.15) is 0 Å². The molecule has 2 aromatic rings. The lowest BCUT2D eigenvalue weighted by atomic mass is 10.1. The van der Waals surface area contributed by atoms with Crippen molar-refractivity contribution in [3.8, 4) is 0 Å². The smallest absolute Gasteiger partial charge is 0.352 e. The normalized spacial score (nSPS) is 11.0. The van der Waals surface area contributed by atoms with Gasteiger partial charge < -0.3 is 10.4 Å². The van der Waals surface area contributed by atoms with E-state index in [1.165, 1.54) is 18.2 Å². The zero-order valence-corrected chi connectivity index (χ0v) is 12.7. The van der Waals surface area contributed by atoms with Gasteiger partial charge in [-0.3, -0.25) is 14.9 Å². The van der Waals surface area contributed by atoms with E-state index in [4.69, 9.17) is 0 Å². The fourth-order valence-corrected chi connectivity index (χ4v) is 1.97. The molecule has 0 heterocycles. The van der Waals surface area contributed by atoms with Crippen LogP contribution in [0.15, 0.2) is 60.3 Å². The van der Waals surface area contributed by atoms with Crippen LogP contribution in [-0.2, 0) is 4.79 Å². The molecular formula is C17H14N2O5. The number of hydrogen-bond acceptors (Lipinski definition) is 5. The molecule has 0 saturated heterocycles. The second kappa shape index (κ2) is 7.19. The molecule has 0 atom stereocenters. The summed E-state index contributed by atoms with van der Waals surface area (Å²) in [7, 11) is 0. The average Bonchev–Trinajstić information content (AvgIpc) is 2.56. The molecular weight excluding hydrogens is 312 g/mol. The molecule has 0 aliphatic carbocycles. The molecule has 2 N–H and O–H groups in total. The molecule has 0 amide bonds. The first kappa shape index (κ1) is 16.9. The summed E-state index contributed by atoms with van der Waals surface area (Å²) < 4.78 is 0. The Morgan fingerprint density at radius 1 is 1.17 bits per heavy atom. The lowest BCUT2D eigenvalue weighted by Crippen LogP contribution is -2.13. The van der Waals surface area contributed by atoms with E-state index >= 15 is 0 Å². The van der Waals surface area contributed by atoms with Crippen molar-refractivity contribution in [2.75, 3.05) is 5.32 Å². The van der Waals surface area contributed by atoms with Crippen molar-refractivity contribution in [3.63, 3.8) is 0 Å². The zero-order chi connectivity index (χ0) is 17.7. The number of carboxylic acids is 1. The fourth-order valence-electron chi connectivity index (χ4n) is 1.97. The predicted molar refractivity (Wildman–Crippen MR) is 87.9 cm³/mol. The van der Waals surface area contributed by atoms with Crippen LogP contribution < -0.4 is 5.32 Å². The SMILES string of the molecule is Cc1ccc([N+](=O)[O-])cc1NC(=CC(=O)c1ccccc1)C(=O)O. The molecule has 0 aliphatic heterocycles.